The van der Waals surface area contributed by atoms with Crippen LogP contribution in [-0.2, 0) is 12.8 Å². The number of para-hydroxylation sites is 6. The molecular weight excluding hydrogens is 540 g/mol. The number of rotatable bonds is 7. The van der Waals surface area contributed by atoms with Gasteiger partial charge in [0.1, 0.15) is 12.3 Å². The number of nitrogens with one attached hydrogen (secondary N) is 2. The lowest BCUT2D eigenvalue weighted by Crippen LogP contribution is -2.34. The molecule has 2 unspecified atom stereocenters. The number of anilines is 6. The fourth-order valence-electron chi connectivity index (χ4n) is 6.40. The van der Waals surface area contributed by atoms with E-state index in [1.807, 2.05) is 0 Å². The molecule has 0 spiro atoms. The molecule has 0 amide bonds. The van der Waals surface area contributed by atoms with E-state index in [9.17, 15) is 0 Å². The van der Waals surface area contributed by atoms with Crippen LogP contribution in [-0.4, -0.2) is 22.3 Å². The fraction of sp³-hybridized carbons (Fsp3) is 0.105. The van der Waals surface area contributed by atoms with Crippen molar-refractivity contribution in [3.05, 3.63) is 157 Å². The molecule has 6 nitrogen and oxygen atoms in total. The molecular formula is C38H32N6. The lowest BCUT2D eigenvalue weighted by atomic mass is 10.1. The van der Waals surface area contributed by atoms with Crippen molar-refractivity contribution in [1.29, 1.82) is 0 Å². The molecule has 0 bridgehead atoms. The average Bonchev–Trinajstić information content (AvgIpc) is 3.63. The van der Waals surface area contributed by atoms with Crippen molar-refractivity contribution in [1.82, 2.24) is 9.97 Å². The summed E-state index contributed by atoms with van der Waals surface area (Å²) in [6, 6.07) is 50.6. The molecule has 44 heavy (non-hydrogen) atoms. The van der Waals surface area contributed by atoms with Gasteiger partial charge in [-0.15, -0.1) is 0 Å². The Morgan fingerprint density at radius 1 is 0.432 bits per heavy atom. The first-order valence-corrected chi connectivity index (χ1v) is 15.1. The van der Waals surface area contributed by atoms with Crippen molar-refractivity contribution in [3.8, 4) is 11.4 Å². The number of aromatic nitrogens is 2. The average molecular weight is 573 g/mol. The molecule has 214 valence electrons. The molecule has 6 aromatic rings. The molecule has 0 fully saturated rings. The van der Waals surface area contributed by atoms with Gasteiger partial charge in [-0.25, -0.2) is 0 Å². The highest BCUT2D eigenvalue weighted by Gasteiger charge is 2.31. The number of nitrogens with zero attached hydrogens (tertiary/aromatic N) is 4. The number of benzene rings is 4. The van der Waals surface area contributed by atoms with Crippen LogP contribution in [0, 0.1) is 0 Å². The zero-order valence-electron chi connectivity index (χ0n) is 24.2. The van der Waals surface area contributed by atoms with Gasteiger partial charge in [-0.1, -0.05) is 72.8 Å². The Balaban J connectivity index is 1.05. The summed E-state index contributed by atoms with van der Waals surface area (Å²) in [6.07, 6.45) is 1.59. The number of fused-ring (bicyclic) bond motifs is 2. The van der Waals surface area contributed by atoms with E-state index in [1.54, 1.807) is 0 Å². The quantitative estimate of drug-likeness (QED) is 0.200. The third-order valence-corrected chi connectivity index (χ3v) is 8.34. The predicted octanol–water partition coefficient (Wildman–Crippen LogP) is 8.41. The highest BCUT2D eigenvalue weighted by atomic mass is 15.3. The molecule has 0 saturated heterocycles. The Kier molecular flexibility index (Phi) is 6.64. The van der Waals surface area contributed by atoms with E-state index in [0.29, 0.717) is 0 Å². The molecule has 2 N–H and O–H groups in total. The molecule has 0 aliphatic carbocycles. The van der Waals surface area contributed by atoms with Gasteiger partial charge in [0.25, 0.3) is 0 Å². The van der Waals surface area contributed by atoms with E-state index < -0.39 is 0 Å². The Morgan fingerprint density at radius 2 is 0.841 bits per heavy atom. The summed E-state index contributed by atoms with van der Waals surface area (Å²) in [5.41, 5.74) is 10.8. The summed E-state index contributed by atoms with van der Waals surface area (Å²) in [7, 11) is 0. The van der Waals surface area contributed by atoms with Crippen molar-refractivity contribution in [2.45, 2.75) is 25.2 Å². The van der Waals surface area contributed by atoms with E-state index >= 15 is 0 Å². The summed E-state index contributed by atoms with van der Waals surface area (Å²) >= 11 is 0. The molecule has 2 aliphatic rings. The van der Waals surface area contributed by atoms with E-state index in [-0.39, 0.29) is 12.3 Å². The molecule has 0 saturated carbocycles. The summed E-state index contributed by atoms with van der Waals surface area (Å²) in [4.78, 5) is 15.0. The highest BCUT2D eigenvalue weighted by Crippen LogP contribution is 2.42. The Morgan fingerprint density at radius 3 is 1.30 bits per heavy atom. The first-order valence-electron chi connectivity index (χ1n) is 15.1. The second-order valence-electron chi connectivity index (χ2n) is 11.2. The van der Waals surface area contributed by atoms with E-state index in [0.717, 1.165) is 58.4 Å². The SMILES string of the molecule is c1ccc(N2c3ccccc3NC2Cc2cccc(-c3cccc(CC4Nc5ccccc5N4c4ccccc4)n3)n2)cc1. The standard InChI is InChI=1S/C38H32N6/c1-3-15-29(16-4-1)43-35-23-9-7-19-33(35)41-37(43)25-27-13-11-21-31(39-27)32-22-12-14-28(40-32)26-38-42-34-20-8-10-24-36(34)44(38)30-17-5-2-6-18-30/h1-24,37-38,41-42H,25-26H2. The van der Waals surface area contributed by atoms with Crippen molar-refractivity contribution in [2.75, 3.05) is 20.4 Å². The van der Waals surface area contributed by atoms with Gasteiger partial charge in [-0.05, 0) is 72.8 Å². The van der Waals surface area contributed by atoms with Crippen molar-refractivity contribution < 1.29 is 0 Å². The van der Waals surface area contributed by atoms with Crippen LogP contribution < -0.4 is 20.4 Å². The zero-order valence-corrected chi connectivity index (χ0v) is 24.2. The van der Waals surface area contributed by atoms with Gasteiger partial charge in [-0.2, -0.15) is 0 Å². The molecule has 0 radical (unpaired) electrons. The molecule has 8 rings (SSSR count). The van der Waals surface area contributed by atoms with Crippen LogP contribution in [0.4, 0.5) is 34.1 Å². The maximum absolute atomic E-state index is 5.11. The van der Waals surface area contributed by atoms with Crippen LogP contribution in [0.15, 0.2) is 146 Å². The number of hydrogen-bond donors (Lipinski definition) is 2. The number of hydrogen-bond acceptors (Lipinski definition) is 6. The van der Waals surface area contributed by atoms with Crippen molar-refractivity contribution in [2.24, 2.45) is 0 Å². The van der Waals surface area contributed by atoms with Crippen molar-refractivity contribution >= 4 is 34.1 Å². The maximum Gasteiger partial charge on any atom is 0.109 e. The normalized spacial score (nSPS) is 16.6. The fourth-order valence-corrected chi connectivity index (χ4v) is 6.40. The van der Waals surface area contributed by atoms with Gasteiger partial charge in [-0.3, -0.25) is 9.97 Å². The molecule has 4 heterocycles. The first-order chi connectivity index (χ1) is 21.8. The second kappa shape index (κ2) is 11.2. The van der Waals surface area contributed by atoms with Crippen molar-refractivity contribution in [3.63, 3.8) is 0 Å². The third kappa shape index (κ3) is 4.90. The lowest BCUT2D eigenvalue weighted by Gasteiger charge is -2.27. The highest BCUT2D eigenvalue weighted by molar-refractivity contribution is 5.83. The first kappa shape index (κ1) is 26.0. The van der Waals surface area contributed by atoms with Gasteiger partial charge in [0.2, 0.25) is 0 Å². The second-order valence-corrected chi connectivity index (χ2v) is 11.2. The minimum absolute atomic E-state index is 0.0517. The molecule has 4 aromatic carbocycles. The van der Waals surface area contributed by atoms with Crippen LogP contribution in [0.25, 0.3) is 11.4 Å². The van der Waals surface area contributed by atoms with Gasteiger partial charge >= 0.3 is 0 Å². The van der Waals surface area contributed by atoms with E-state index in [4.69, 9.17) is 9.97 Å². The monoisotopic (exact) mass is 572 g/mol. The summed E-state index contributed by atoms with van der Waals surface area (Å²) in [6.45, 7) is 0. The zero-order chi connectivity index (χ0) is 29.3. The Hall–Kier alpha value is -5.62. The maximum atomic E-state index is 5.11. The van der Waals surface area contributed by atoms with E-state index in [2.05, 4.69) is 166 Å². The topological polar surface area (TPSA) is 56.3 Å². The van der Waals surface area contributed by atoms with Gasteiger partial charge < -0.3 is 20.4 Å². The lowest BCUT2D eigenvalue weighted by molar-refractivity contribution is 0.732. The van der Waals surface area contributed by atoms with Crippen LogP contribution >= 0.6 is 0 Å². The number of pyridine rings is 2. The minimum atomic E-state index is 0.0517. The smallest absolute Gasteiger partial charge is 0.109 e. The van der Waals surface area contributed by atoms with Crippen LogP contribution in [0.5, 0.6) is 0 Å². The van der Waals surface area contributed by atoms with Crippen LogP contribution in [0.2, 0.25) is 0 Å². The minimum Gasteiger partial charge on any atom is -0.363 e. The van der Waals surface area contributed by atoms with E-state index in [1.165, 1.54) is 11.4 Å². The third-order valence-electron chi connectivity index (χ3n) is 8.34. The van der Waals surface area contributed by atoms with Gasteiger partial charge in [0.05, 0.1) is 34.1 Å². The Labute approximate surface area is 257 Å². The van der Waals surface area contributed by atoms with Gasteiger partial charge in [0.15, 0.2) is 0 Å². The summed E-state index contributed by atoms with van der Waals surface area (Å²) in [5, 5.41) is 7.45. The molecule has 2 aliphatic heterocycles. The molecule has 6 heteroatoms. The molecule has 2 aromatic heterocycles. The van der Waals surface area contributed by atoms with Gasteiger partial charge in [0, 0.05) is 35.6 Å². The summed E-state index contributed by atoms with van der Waals surface area (Å²) < 4.78 is 0. The largest absolute Gasteiger partial charge is 0.363 e. The predicted molar refractivity (Wildman–Crippen MR) is 180 cm³/mol. The van der Waals surface area contributed by atoms with Crippen LogP contribution in [0.3, 0.4) is 0 Å². The summed E-state index contributed by atoms with van der Waals surface area (Å²) in [5.74, 6) is 0. The molecule has 2 atom stereocenters. The Bertz CT molecular complexity index is 1770. The van der Waals surface area contributed by atoms with Crippen LogP contribution in [0.1, 0.15) is 11.4 Å².